The van der Waals surface area contributed by atoms with E-state index in [0.717, 1.165) is 29.2 Å². The monoisotopic (exact) mass is 376 g/mol. The molecule has 0 saturated heterocycles. The molecule has 0 radical (unpaired) electrons. The number of nitrogens with one attached hydrogen (secondary N) is 1. The molecule has 0 heterocycles. The molecular weight excluding hydrogens is 362 g/mol. The Morgan fingerprint density at radius 1 is 0.885 bits per heavy atom. The van der Waals surface area contributed by atoms with Crippen molar-refractivity contribution in [2.45, 2.75) is 18.9 Å². The minimum absolute atomic E-state index is 0.126. The number of hydrogen-bond acceptors (Lipinski definition) is 2. The van der Waals surface area contributed by atoms with E-state index in [1.54, 1.807) is 0 Å². The van der Waals surface area contributed by atoms with Gasteiger partial charge < -0.3 is 10.2 Å². The van der Waals surface area contributed by atoms with E-state index in [1.807, 2.05) is 0 Å². The summed E-state index contributed by atoms with van der Waals surface area (Å²) in [5.74, 6) is 0. The number of anilines is 1. The van der Waals surface area contributed by atoms with E-state index in [0.29, 0.717) is 6.41 Å². The Labute approximate surface area is 145 Å². The van der Waals surface area contributed by atoms with Crippen molar-refractivity contribution in [1.82, 2.24) is 4.90 Å². The molecule has 0 unspecified atom stereocenters. The first-order chi connectivity index (χ1) is 12.1. The van der Waals surface area contributed by atoms with Gasteiger partial charge in [-0.3, -0.25) is 4.79 Å². The van der Waals surface area contributed by atoms with Crippen LogP contribution in [0.2, 0.25) is 0 Å². The molecule has 2 rings (SSSR count). The van der Waals surface area contributed by atoms with Gasteiger partial charge in [0.25, 0.3) is 0 Å². The lowest BCUT2D eigenvalue weighted by Gasteiger charge is -2.20. The summed E-state index contributed by atoms with van der Waals surface area (Å²) >= 11 is 0. The zero-order chi connectivity index (χ0) is 19.4. The van der Waals surface area contributed by atoms with Gasteiger partial charge in [0.1, 0.15) is 0 Å². The molecule has 0 fully saturated rings. The Morgan fingerprint density at radius 2 is 1.46 bits per heavy atom. The van der Waals surface area contributed by atoms with Gasteiger partial charge in [0.05, 0.1) is 17.8 Å². The first kappa shape index (κ1) is 19.6. The summed E-state index contributed by atoms with van der Waals surface area (Å²) in [5, 5.41) is 2.65. The summed E-state index contributed by atoms with van der Waals surface area (Å²) in [5.41, 5.74) is -1.31. The van der Waals surface area contributed by atoms with Gasteiger partial charge in [0.2, 0.25) is 6.41 Å². The van der Waals surface area contributed by atoms with Crippen LogP contribution in [0.3, 0.4) is 0 Å². The fraction of sp³-hybridized carbons (Fsp3) is 0.235. The fourth-order valence-corrected chi connectivity index (χ4v) is 2.21. The second kappa shape index (κ2) is 7.67. The van der Waals surface area contributed by atoms with Crippen LogP contribution in [0.15, 0.2) is 48.5 Å². The van der Waals surface area contributed by atoms with Crippen LogP contribution in [0.5, 0.6) is 0 Å². The van der Waals surface area contributed by atoms with Crippen molar-refractivity contribution in [3.05, 3.63) is 65.2 Å². The minimum Gasteiger partial charge on any atom is -0.368 e. The molecule has 0 atom stereocenters. The smallest absolute Gasteiger partial charge is 0.368 e. The number of carbonyl (C=O) groups excluding carboxylic acids is 1. The molecule has 2 aromatic carbocycles. The Morgan fingerprint density at radius 3 is 2.04 bits per heavy atom. The maximum absolute atomic E-state index is 12.7. The molecule has 0 aliphatic heterocycles. The quantitative estimate of drug-likeness (QED) is 0.448. The molecular formula is C17H14F6N2O. The number of hydrogen-bond donors (Lipinski definition) is 1. The van der Waals surface area contributed by atoms with Crippen molar-refractivity contribution in [3.63, 3.8) is 0 Å². The number of halogens is 6. The molecule has 0 aliphatic rings. The van der Waals surface area contributed by atoms with Gasteiger partial charge in [-0.05, 0) is 35.9 Å². The molecule has 0 spiro atoms. The van der Waals surface area contributed by atoms with E-state index < -0.39 is 23.5 Å². The van der Waals surface area contributed by atoms with Crippen LogP contribution in [0, 0.1) is 0 Å². The zero-order valence-corrected chi connectivity index (χ0v) is 13.2. The van der Waals surface area contributed by atoms with Crippen molar-refractivity contribution in [1.29, 1.82) is 0 Å². The van der Waals surface area contributed by atoms with Crippen LogP contribution >= 0.6 is 0 Å². The van der Waals surface area contributed by atoms with Gasteiger partial charge in [-0.15, -0.1) is 0 Å². The van der Waals surface area contributed by atoms with Crippen molar-refractivity contribution in [2.75, 3.05) is 12.0 Å². The summed E-state index contributed by atoms with van der Waals surface area (Å²) in [7, 11) is 0. The highest BCUT2D eigenvalue weighted by Crippen LogP contribution is 2.31. The predicted octanol–water partition coefficient (Wildman–Crippen LogP) is 4.75. The van der Waals surface area contributed by atoms with E-state index in [4.69, 9.17) is 0 Å². The number of carbonyl (C=O) groups is 1. The van der Waals surface area contributed by atoms with Crippen LogP contribution in [0.25, 0.3) is 0 Å². The maximum Gasteiger partial charge on any atom is 0.416 e. The number of alkyl halides is 6. The molecule has 9 heteroatoms. The maximum atomic E-state index is 12.7. The van der Waals surface area contributed by atoms with Crippen molar-refractivity contribution in [3.8, 4) is 0 Å². The Kier molecular flexibility index (Phi) is 5.79. The molecule has 0 saturated carbocycles. The topological polar surface area (TPSA) is 32.3 Å². The number of nitrogens with zero attached hydrogens (tertiary/aromatic N) is 1. The normalized spacial score (nSPS) is 11.9. The van der Waals surface area contributed by atoms with Crippen LogP contribution in [0.1, 0.15) is 16.7 Å². The molecule has 0 aliphatic carbocycles. The average Bonchev–Trinajstić information content (AvgIpc) is 2.57. The van der Waals surface area contributed by atoms with E-state index in [9.17, 15) is 31.1 Å². The number of rotatable bonds is 6. The second-order valence-corrected chi connectivity index (χ2v) is 5.46. The van der Waals surface area contributed by atoms with Gasteiger partial charge in [0, 0.05) is 12.2 Å². The fourth-order valence-electron chi connectivity index (χ4n) is 2.21. The van der Waals surface area contributed by atoms with Crippen LogP contribution in [-0.2, 0) is 23.7 Å². The molecule has 1 N–H and O–H groups in total. The lowest BCUT2D eigenvalue weighted by molar-refractivity contribution is -0.138. The summed E-state index contributed by atoms with van der Waals surface area (Å²) in [4.78, 5) is 12.2. The van der Waals surface area contributed by atoms with Crippen molar-refractivity contribution < 1.29 is 31.1 Å². The van der Waals surface area contributed by atoms with E-state index in [1.165, 1.54) is 24.3 Å². The standard InChI is InChI=1S/C17H14F6N2O/c18-16(19,20)13-4-1-3-12(7-13)9-25(11-26)10-24-15-6-2-5-14(8-15)17(21,22)23/h1-8,11,24H,9-10H2. The summed E-state index contributed by atoms with van der Waals surface area (Å²) < 4.78 is 76.1. The molecule has 0 aromatic heterocycles. The third-order valence-electron chi connectivity index (χ3n) is 3.47. The first-order valence-corrected chi connectivity index (χ1v) is 7.36. The molecule has 0 bridgehead atoms. The highest BCUT2D eigenvalue weighted by Gasteiger charge is 2.31. The number of amides is 1. The van der Waals surface area contributed by atoms with Gasteiger partial charge in [-0.1, -0.05) is 18.2 Å². The summed E-state index contributed by atoms with van der Waals surface area (Å²) in [6.45, 7) is -0.291. The molecule has 2 aromatic rings. The van der Waals surface area contributed by atoms with Gasteiger partial charge in [0.15, 0.2) is 0 Å². The van der Waals surface area contributed by atoms with Crippen LogP contribution in [-0.4, -0.2) is 18.0 Å². The lowest BCUT2D eigenvalue weighted by atomic mass is 10.1. The van der Waals surface area contributed by atoms with E-state index in [-0.39, 0.29) is 24.5 Å². The Hall–Kier alpha value is -2.71. The van der Waals surface area contributed by atoms with Crippen LogP contribution in [0.4, 0.5) is 32.0 Å². The first-order valence-electron chi connectivity index (χ1n) is 7.36. The van der Waals surface area contributed by atoms with Gasteiger partial charge in [-0.25, -0.2) is 0 Å². The third-order valence-corrected chi connectivity index (χ3v) is 3.47. The van der Waals surface area contributed by atoms with Crippen molar-refractivity contribution >= 4 is 12.1 Å². The summed E-state index contributed by atoms with van der Waals surface area (Å²) in [6, 6.07) is 8.87. The second-order valence-electron chi connectivity index (χ2n) is 5.46. The van der Waals surface area contributed by atoms with Crippen molar-refractivity contribution in [2.24, 2.45) is 0 Å². The molecule has 1 amide bonds. The average molecular weight is 376 g/mol. The highest BCUT2D eigenvalue weighted by molar-refractivity contribution is 5.51. The summed E-state index contributed by atoms with van der Waals surface area (Å²) in [6.07, 6.45) is -8.60. The number of benzene rings is 2. The molecule has 3 nitrogen and oxygen atoms in total. The van der Waals surface area contributed by atoms with Gasteiger partial charge >= 0.3 is 12.4 Å². The van der Waals surface area contributed by atoms with E-state index >= 15 is 0 Å². The SMILES string of the molecule is O=CN(CNc1cccc(C(F)(F)F)c1)Cc1cccc(C(F)(F)F)c1. The largest absolute Gasteiger partial charge is 0.416 e. The zero-order valence-electron chi connectivity index (χ0n) is 13.2. The Bertz CT molecular complexity index is 757. The Balaban J connectivity index is 2.04. The molecule has 26 heavy (non-hydrogen) atoms. The lowest BCUT2D eigenvalue weighted by Crippen LogP contribution is -2.27. The predicted molar refractivity (Wildman–Crippen MR) is 83.0 cm³/mol. The minimum atomic E-state index is -4.50. The molecule has 140 valence electrons. The van der Waals surface area contributed by atoms with Gasteiger partial charge in [-0.2, -0.15) is 26.3 Å². The van der Waals surface area contributed by atoms with Crippen LogP contribution < -0.4 is 5.32 Å². The van der Waals surface area contributed by atoms with E-state index in [2.05, 4.69) is 5.32 Å². The third kappa shape index (κ3) is 5.40. The highest BCUT2D eigenvalue weighted by atomic mass is 19.4.